The van der Waals surface area contributed by atoms with Gasteiger partial charge in [-0.25, -0.2) is 8.78 Å². The van der Waals surface area contributed by atoms with Gasteiger partial charge in [0.1, 0.15) is 0 Å². The molecule has 0 fully saturated rings. The normalized spacial score (nSPS) is 12.0. The average Bonchev–Trinajstić information content (AvgIpc) is 1.96. The molecule has 90 valence electrons. The second-order valence-corrected chi connectivity index (χ2v) is 3.35. The van der Waals surface area contributed by atoms with Crippen LogP contribution >= 0.6 is 15.9 Å². The summed E-state index contributed by atoms with van der Waals surface area (Å²) in [4.78, 5) is 2.62. The first-order valence-electron chi connectivity index (χ1n) is 3.60. The lowest BCUT2D eigenvalue weighted by molar-refractivity contribution is -0.276. The summed E-state index contributed by atoms with van der Waals surface area (Å²) in [5, 5.41) is 0. The Balaban J connectivity index is 3.24. The Morgan fingerprint density at radius 2 is 1.88 bits per heavy atom. The van der Waals surface area contributed by atoms with Crippen LogP contribution in [0.25, 0.3) is 0 Å². The van der Waals surface area contributed by atoms with E-state index in [1.165, 1.54) is 0 Å². The van der Waals surface area contributed by atoms with Gasteiger partial charge in [-0.15, -0.1) is 13.2 Å². The van der Waals surface area contributed by atoms with E-state index in [0.717, 1.165) is 0 Å². The van der Waals surface area contributed by atoms with Crippen molar-refractivity contribution >= 4 is 15.9 Å². The highest BCUT2D eigenvalue weighted by Crippen LogP contribution is 2.36. The minimum atomic E-state index is -5.22. The smallest absolute Gasteiger partial charge is 0.387 e. The van der Waals surface area contributed by atoms with Gasteiger partial charge in [-0.1, -0.05) is 0 Å². The lowest BCUT2D eigenvalue weighted by atomic mass is 10.3. The molecule has 1 aromatic rings. The third kappa shape index (κ3) is 3.26. The van der Waals surface area contributed by atoms with Crippen molar-refractivity contribution in [1.29, 1.82) is 0 Å². The molecule has 0 unspecified atom stereocenters. The van der Waals surface area contributed by atoms with Crippen molar-refractivity contribution in [2.24, 2.45) is 0 Å². The number of hydrogen-bond acceptors (Lipinski definition) is 2. The Morgan fingerprint density at radius 3 is 2.31 bits per heavy atom. The van der Waals surface area contributed by atoms with Crippen LogP contribution in [0, 0.1) is 5.95 Å². The van der Waals surface area contributed by atoms with Gasteiger partial charge < -0.3 is 4.74 Å². The Kier molecular flexibility index (Phi) is 3.66. The fraction of sp³-hybridized carbons (Fsp3) is 0.286. The minimum absolute atomic E-state index is 0.519. The van der Waals surface area contributed by atoms with Gasteiger partial charge in [-0.05, 0) is 15.9 Å². The van der Waals surface area contributed by atoms with Gasteiger partial charge in [0.25, 0.3) is 6.43 Å². The number of ether oxygens (including phenoxy) is 1. The predicted molar refractivity (Wildman–Crippen MR) is 43.5 cm³/mol. The summed E-state index contributed by atoms with van der Waals surface area (Å²) >= 11 is 2.50. The van der Waals surface area contributed by atoms with Crippen LogP contribution in [-0.4, -0.2) is 11.3 Å². The molecule has 0 saturated carbocycles. The van der Waals surface area contributed by atoms with E-state index in [2.05, 4.69) is 25.7 Å². The van der Waals surface area contributed by atoms with Gasteiger partial charge in [-0.2, -0.15) is 9.37 Å². The molecular weight excluding hydrogens is 308 g/mol. The summed E-state index contributed by atoms with van der Waals surface area (Å²) in [7, 11) is 0. The zero-order valence-corrected chi connectivity index (χ0v) is 8.74. The zero-order chi connectivity index (χ0) is 12.5. The SMILES string of the molecule is Fc1cc(Br)c(C(F)F)c(OC(F)(F)F)n1. The van der Waals surface area contributed by atoms with Gasteiger partial charge in [0, 0.05) is 10.5 Å². The lowest BCUT2D eigenvalue weighted by Crippen LogP contribution is -2.19. The van der Waals surface area contributed by atoms with Gasteiger partial charge >= 0.3 is 6.36 Å². The van der Waals surface area contributed by atoms with Gasteiger partial charge in [0.2, 0.25) is 11.8 Å². The highest BCUT2D eigenvalue weighted by atomic mass is 79.9. The lowest BCUT2D eigenvalue weighted by Gasteiger charge is -2.12. The second-order valence-electron chi connectivity index (χ2n) is 2.49. The van der Waals surface area contributed by atoms with Crippen molar-refractivity contribution in [3.8, 4) is 5.88 Å². The zero-order valence-electron chi connectivity index (χ0n) is 7.16. The molecule has 9 heteroatoms. The van der Waals surface area contributed by atoms with E-state index in [1.807, 2.05) is 0 Å². The molecular formula is C7H2BrF6NO. The van der Waals surface area contributed by atoms with Crippen LogP contribution in [0.4, 0.5) is 26.3 Å². The molecule has 0 aromatic carbocycles. The Hall–Kier alpha value is -0.990. The Morgan fingerprint density at radius 1 is 1.31 bits per heavy atom. The van der Waals surface area contributed by atoms with Crippen LogP contribution in [0.2, 0.25) is 0 Å². The second kappa shape index (κ2) is 4.48. The van der Waals surface area contributed by atoms with Crippen molar-refractivity contribution in [3.05, 3.63) is 22.1 Å². The van der Waals surface area contributed by atoms with E-state index < -0.39 is 34.7 Å². The van der Waals surface area contributed by atoms with Crippen LogP contribution in [-0.2, 0) is 0 Å². The molecule has 0 aliphatic rings. The number of alkyl halides is 5. The first-order chi connectivity index (χ1) is 7.20. The third-order valence-electron chi connectivity index (χ3n) is 1.37. The van der Waals surface area contributed by atoms with Crippen molar-refractivity contribution in [2.45, 2.75) is 12.8 Å². The topological polar surface area (TPSA) is 22.1 Å². The summed E-state index contributed by atoms with van der Waals surface area (Å²) in [5.74, 6) is -2.87. The van der Waals surface area contributed by atoms with Gasteiger partial charge in [0.05, 0.1) is 5.56 Å². The number of halogens is 7. The average molecular weight is 310 g/mol. The molecule has 16 heavy (non-hydrogen) atoms. The Bertz CT molecular complexity index is 393. The van der Waals surface area contributed by atoms with Crippen molar-refractivity contribution in [3.63, 3.8) is 0 Å². The molecule has 1 rings (SSSR count). The van der Waals surface area contributed by atoms with Gasteiger partial charge in [-0.3, -0.25) is 0 Å². The summed E-state index contributed by atoms with van der Waals surface area (Å²) < 4.78 is 75.4. The first kappa shape index (κ1) is 13.1. The molecule has 0 bridgehead atoms. The molecule has 1 heterocycles. The number of hydrogen-bond donors (Lipinski definition) is 0. The van der Waals surface area contributed by atoms with Crippen LogP contribution in [0.1, 0.15) is 12.0 Å². The van der Waals surface area contributed by atoms with Crippen LogP contribution in [0.15, 0.2) is 10.5 Å². The van der Waals surface area contributed by atoms with Crippen molar-refractivity contribution in [1.82, 2.24) is 4.98 Å². The summed E-state index contributed by atoms with van der Waals surface area (Å²) in [6, 6.07) is 0.519. The van der Waals surface area contributed by atoms with E-state index in [0.29, 0.717) is 6.07 Å². The van der Waals surface area contributed by atoms with E-state index in [1.54, 1.807) is 0 Å². The van der Waals surface area contributed by atoms with Crippen LogP contribution in [0.5, 0.6) is 5.88 Å². The number of pyridine rings is 1. The molecule has 0 amide bonds. The van der Waals surface area contributed by atoms with E-state index in [4.69, 9.17) is 0 Å². The highest BCUT2D eigenvalue weighted by molar-refractivity contribution is 9.10. The largest absolute Gasteiger partial charge is 0.574 e. The molecule has 2 nitrogen and oxygen atoms in total. The van der Waals surface area contributed by atoms with Crippen LogP contribution < -0.4 is 4.74 Å². The van der Waals surface area contributed by atoms with Crippen molar-refractivity contribution < 1.29 is 31.1 Å². The predicted octanol–water partition coefficient (Wildman–Crippen LogP) is 3.82. The molecule has 0 N–H and O–H groups in total. The van der Waals surface area contributed by atoms with Crippen molar-refractivity contribution in [2.75, 3.05) is 0 Å². The quantitative estimate of drug-likeness (QED) is 0.612. The van der Waals surface area contributed by atoms with Gasteiger partial charge in [0.15, 0.2) is 0 Å². The fourth-order valence-corrected chi connectivity index (χ4v) is 1.39. The van der Waals surface area contributed by atoms with E-state index >= 15 is 0 Å². The standard InChI is InChI=1S/C7H2BrF6NO/c8-2-1-3(9)15-6(4(2)5(10)11)16-7(12,13)14/h1,5H. The highest BCUT2D eigenvalue weighted by Gasteiger charge is 2.35. The maximum absolute atomic E-state index is 12.6. The van der Waals surface area contributed by atoms with E-state index in [-0.39, 0.29) is 0 Å². The third-order valence-corrected chi connectivity index (χ3v) is 2.03. The minimum Gasteiger partial charge on any atom is -0.387 e. The first-order valence-corrected chi connectivity index (χ1v) is 4.40. The van der Waals surface area contributed by atoms with E-state index in [9.17, 15) is 26.3 Å². The summed E-state index contributed by atoms with van der Waals surface area (Å²) in [5.41, 5.74) is -1.15. The molecule has 0 saturated heterocycles. The number of nitrogens with zero attached hydrogens (tertiary/aromatic N) is 1. The number of rotatable bonds is 2. The molecule has 1 aromatic heterocycles. The monoisotopic (exact) mass is 309 g/mol. The molecule has 0 aliphatic heterocycles. The molecule has 0 aliphatic carbocycles. The molecule has 0 atom stereocenters. The number of aromatic nitrogens is 1. The van der Waals surface area contributed by atoms with Crippen LogP contribution in [0.3, 0.4) is 0 Å². The fourth-order valence-electron chi connectivity index (χ4n) is 0.859. The molecule has 0 spiro atoms. The Labute approximate surface area is 93.4 Å². The summed E-state index contributed by atoms with van der Waals surface area (Å²) in [6.45, 7) is 0. The maximum Gasteiger partial charge on any atom is 0.574 e. The summed E-state index contributed by atoms with van der Waals surface area (Å²) in [6.07, 6.45) is -8.50. The molecule has 0 radical (unpaired) electrons. The maximum atomic E-state index is 12.6.